The summed E-state index contributed by atoms with van der Waals surface area (Å²) in [6.45, 7) is 2.75. The number of aliphatic imine (C=N–C) groups is 3. The van der Waals surface area contributed by atoms with Crippen LogP contribution in [0.4, 0.5) is 11.4 Å². The lowest BCUT2D eigenvalue weighted by molar-refractivity contribution is -0.113. The van der Waals surface area contributed by atoms with Crippen molar-refractivity contribution < 1.29 is 4.79 Å². The average molecular weight is 322 g/mol. The smallest absolute Gasteiger partial charge is 0.284 e. The van der Waals surface area contributed by atoms with E-state index in [-0.39, 0.29) is 11.9 Å². The van der Waals surface area contributed by atoms with Crippen LogP contribution in [0, 0.1) is 0 Å². The fourth-order valence-corrected chi connectivity index (χ4v) is 3.12. The first-order valence-electron chi connectivity index (χ1n) is 8.04. The van der Waals surface area contributed by atoms with E-state index in [0.717, 1.165) is 24.4 Å². The van der Waals surface area contributed by atoms with E-state index in [1.54, 1.807) is 6.21 Å². The van der Waals surface area contributed by atoms with Gasteiger partial charge in [0.15, 0.2) is 5.84 Å². The molecule has 122 valence electrons. The van der Waals surface area contributed by atoms with Gasteiger partial charge in [-0.1, -0.05) is 0 Å². The van der Waals surface area contributed by atoms with Gasteiger partial charge < -0.3 is 16.0 Å². The van der Waals surface area contributed by atoms with Crippen LogP contribution in [0.3, 0.4) is 0 Å². The summed E-state index contributed by atoms with van der Waals surface area (Å²) >= 11 is 0. The Labute approximate surface area is 139 Å². The summed E-state index contributed by atoms with van der Waals surface area (Å²) in [6, 6.07) is 8.35. The lowest BCUT2D eigenvalue weighted by Crippen LogP contribution is -2.23. The third-order valence-corrected chi connectivity index (χ3v) is 4.36. The van der Waals surface area contributed by atoms with E-state index in [9.17, 15) is 4.79 Å². The van der Waals surface area contributed by atoms with Crippen LogP contribution in [0.5, 0.6) is 0 Å². The van der Waals surface area contributed by atoms with Gasteiger partial charge in [-0.3, -0.25) is 4.79 Å². The third-order valence-electron chi connectivity index (χ3n) is 4.36. The molecule has 3 aliphatic rings. The highest BCUT2D eigenvalue weighted by Crippen LogP contribution is 2.23. The number of benzene rings is 1. The maximum Gasteiger partial charge on any atom is 0.284 e. The molecule has 0 bridgehead atoms. The number of amides is 1. The second-order valence-electron chi connectivity index (χ2n) is 5.96. The topological polar surface area (TPSA) is 95.4 Å². The van der Waals surface area contributed by atoms with Crippen LogP contribution in [0.25, 0.3) is 0 Å². The molecule has 3 N–H and O–H groups in total. The predicted octanol–water partition coefficient (Wildman–Crippen LogP) is 1.33. The van der Waals surface area contributed by atoms with E-state index in [1.165, 1.54) is 18.5 Å². The number of nitrogens with one attached hydrogen (secondary N) is 1. The molecule has 1 aromatic carbocycles. The summed E-state index contributed by atoms with van der Waals surface area (Å²) in [5.74, 6) is -0.0625. The number of nitrogens with zero attached hydrogens (tertiary/aromatic N) is 4. The second kappa shape index (κ2) is 5.92. The average Bonchev–Trinajstić information content (AvgIpc) is 3.23. The molecule has 0 radical (unpaired) electrons. The van der Waals surface area contributed by atoms with Crippen LogP contribution in [0.2, 0.25) is 0 Å². The fraction of sp³-hybridized carbons (Fsp3) is 0.294. The molecule has 0 atom stereocenters. The Morgan fingerprint density at radius 1 is 1.12 bits per heavy atom. The number of fused-ring (bicyclic) bond motifs is 1. The zero-order chi connectivity index (χ0) is 16.5. The first-order valence-corrected chi connectivity index (χ1v) is 8.04. The molecular formula is C17H18N6O. The first-order chi connectivity index (χ1) is 11.7. The number of nitrogens with two attached hydrogens (primary N) is 1. The molecule has 1 aromatic rings. The molecule has 0 spiro atoms. The molecule has 4 rings (SSSR count). The van der Waals surface area contributed by atoms with Gasteiger partial charge in [0.05, 0.1) is 5.57 Å². The van der Waals surface area contributed by atoms with Crippen molar-refractivity contribution in [3.63, 3.8) is 0 Å². The van der Waals surface area contributed by atoms with Crippen LogP contribution in [0.15, 0.2) is 50.4 Å². The molecule has 0 aromatic heterocycles. The summed E-state index contributed by atoms with van der Waals surface area (Å²) in [5.41, 5.74) is 8.95. The van der Waals surface area contributed by atoms with Gasteiger partial charge in [0.1, 0.15) is 0 Å². The minimum absolute atomic E-state index is 0.0392. The molecule has 1 saturated heterocycles. The van der Waals surface area contributed by atoms with Crippen LogP contribution in [-0.4, -0.2) is 43.6 Å². The highest BCUT2D eigenvalue weighted by atomic mass is 16.1. The largest absolute Gasteiger partial charge is 0.381 e. The van der Waals surface area contributed by atoms with Gasteiger partial charge in [-0.15, -0.1) is 0 Å². The monoisotopic (exact) mass is 322 g/mol. The van der Waals surface area contributed by atoms with E-state index in [1.807, 2.05) is 0 Å². The number of amidine groups is 1. The predicted molar refractivity (Wildman–Crippen MR) is 96.0 cm³/mol. The van der Waals surface area contributed by atoms with Gasteiger partial charge in [0.2, 0.25) is 5.96 Å². The third kappa shape index (κ3) is 2.68. The van der Waals surface area contributed by atoms with Gasteiger partial charge in [-0.2, -0.15) is 9.98 Å². The highest BCUT2D eigenvalue weighted by Gasteiger charge is 2.27. The quantitative estimate of drug-likeness (QED) is 0.874. The Kier molecular flexibility index (Phi) is 3.60. The van der Waals surface area contributed by atoms with Crippen LogP contribution in [-0.2, 0) is 4.79 Å². The van der Waals surface area contributed by atoms with Crippen molar-refractivity contribution in [3.05, 3.63) is 35.4 Å². The maximum atomic E-state index is 12.0. The van der Waals surface area contributed by atoms with E-state index in [4.69, 9.17) is 5.73 Å². The molecule has 0 unspecified atom stereocenters. The van der Waals surface area contributed by atoms with Gasteiger partial charge in [-0.25, -0.2) is 4.99 Å². The van der Waals surface area contributed by atoms with Crippen LogP contribution >= 0.6 is 0 Å². The van der Waals surface area contributed by atoms with Crippen molar-refractivity contribution in [3.8, 4) is 0 Å². The minimum atomic E-state index is -0.379. The number of carbonyl (C=O) groups excluding carboxylic acids is 1. The molecule has 1 amide bonds. The van der Waals surface area contributed by atoms with Gasteiger partial charge in [-0.05, 0) is 37.1 Å². The molecule has 3 heterocycles. The SMILES string of the molecule is NC1=NC(=O)C2=C(CNc3ccc(N4CCCC4)cc3)C=NC2=N1. The summed E-state index contributed by atoms with van der Waals surface area (Å²) in [6.07, 6.45) is 4.17. The molecule has 7 heteroatoms. The molecule has 3 aliphatic heterocycles. The van der Waals surface area contributed by atoms with E-state index in [2.05, 4.69) is 49.5 Å². The molecule has 0 aliphatic carbocycles. The lowest BCUT2D eigenvalue weighted by Gasteiger charge is -2.18. The standard InChI is InChI=1S/C17H18N6O/c18-17-21-15-14(16(24)22-17)11(10-20-15)9-19-12-3-5-13(6-4-12)23-7-1-2-8-23/h3-6,10,19H,1-2,7-9H2,(H2,18,22,24). The number of carbonyl (C=O) groups is 1. The van der Waals surface area contributed by atoms with Crippen molar-refractivity contribution in [1.29, 1.82) is 0 Å². The zero-order valence-electron chi connectivity index (χ0n) is 13.2. The Balaban J connectivity index is 1.45. The zero-order valence-corrected chi connectivity index (χ0v) is 13.2. The summed E-state index contributed by atoms with van der Waals surface area (Å²) in [5, 5.41) is 3.31. The Hall–Kier alpha value is -2.96. The number of hydrogen-bond acceptors (Lipinski definition) is 6. The molecule has 1 fully saturated rings. The molecular weight excluding hydrogens is 304 g/mol. The normalized spacial score (nSPS) is 19.5. The van der Waals surface area contributed by atoms with Crippen molar-refractivity contribution in [2.24, 2.45) is 20.7 Å². The fourth-order valence-electron chi connectivity index (χ4n) is 3.12. The van der Waals surface area contributed by atoms with E-state index < -0.39 is 0 Å². The van der Waals surface area contributed by atoms with Gasteiger partial charge in [0, 0.05) is 42.8 Å². The summed E-state index contributed by atoms with van der Waals surface area (Å²) < 4.78 is 0. The van der Waals surface area contributed by atoms with Gasteiger partial charge >= 0.3 is 0 Å². The van der Waals surface area contributed by atoms with Gasteiger partial charge in [0.25, 0.3) is 5.91 Å². The number of anilines is 2. The highest BCUT2D eigenvalue weighted by molar-refractivity contribution is 6.34. The van der Waals surface area contributed by atoms with E-state index >= 15 is 0 Å². The Morgan fingerprint density at radius 2 is 1.88 bits per heavy atom. The van der Waals surface area contributed by atoms with Crippen molar-refractivity contribution in [1.82, 2.24) is 0 Å². The molecule has 7 nitrogen and oxygen atoms in total. The van der Waals surface area contributed by atoms with Crippen molar-refractivity contribution >= 4 is 35.3 Å². The molecule has 0 saturated carbocycles. The lowest BCUT2D eigenvalue weighted by atomic mass is 10.1. The van der Waals surface area contributed by atoms with Crippen LogP contribution < -0.4 is 16.0 Å². The number of guanidine groups is 1. The number of rotatable bonds is 4. The van der Waals surface area contributed by atoms with Crippen LogP contribution in [0.1, 0.15) is 12.8 Å². The number of hydrogen-bond donors (Lipinski definition) is 2. The Morgan fingerprint density at radius 3 is 2.62 bits per heavy atom. The van der Waals surface area contributed by atoms with E-state index in [0.29, 0.717) is 18.0 Å². The molecule has 24 heavy (non-hydrogen) atoms. The maximum absolute atomic E-state index is 12.0. The van der Waals surface area contributed by atoms with Crippen molar-refractivity contribution in [2.45, 2.75) is 12.8 Å². The summed E-state index contributed by atoms with van der Waals surface area (Å²) in [4.78, 5) is 26.2. The minimum Gasteiger partial charge on any atom is -0.381 e. The second-order valence-corrected chi connectivity index (χ2v) is 5.96. The summed E-state index contributed by atoms with van der Waals surface area (Å²) in [7, 11) is 0. The van der Waals surface area contributed by atoms with Crippen molar-refractivity contribution in [2.75, 3.05) is 29.9 Å². The first kappa shape index (κ1) is 14.6. The Bertz CT molecular complexity index is 797.